The van der Waals surface area contributed by atoms with Crippen molar-refractivity contribution in [2.75, 3.05) is 40.0 Å². The van der Waals surface area contributed by atoms with Crippen LogP contribution in [-0.2, 0) is 18.9 Å². The number of aliphatic hydroxyl groups excluding tert-OH is 1. The van der Waals surface area contributed by atoms with E-state index >= 15 is 0 Å². The zero-order valence-electron chi connectivity index (χ0n) is 11.7. The molecule has 19 heavy (non-hydrogen) atoms. The van der Waals surface area contributed by atoms with Crippen LogP contribution in [0, 0.1) is 0 Å². The van der Waals surface area contributed by atoms with Crippen LogP contribution in [0.5, 0.6) is 0 Å². The molecular formula is C12H24F2O5. The molecule has 1 N–H and O–H groups in total. The molecule has 0 bridgehead atoms. The molecule has 1 fully saturated rings. The summed E-state index contributed by atoms with van der Waals surface area (Å²) in [5.74, 6) is -0.565. The molecule has 0 amide bonds. The first kappa shape index (κ1) is 18.7. The summed E-state index contributed by atoms with van der Waals surface area (Å²) in [4.78, 5) is 0. The molecule has 0 aromatic heterocycles. The highest BCUT2D eigenvalue weighted by Crippen LogP contribution is 2.22. The lowest BCUT2D eigenvalue weighted by Crippen LogP contribution is -2.27. The minimum Gasteiger partial charge on any atom is -0.388 e. The van der Waals surface area contributed by atoms with Gasteiger partial charge in [-0.15, -0.1) is 0 Å². The lowest BCUT2D eigenvalue weighted by atomic mass is 10.4. The molecule has 0 saturated carbocycles. The van der Waals surface area contributed by atoms with Gasteiger partial charge >= 0.3 is 0 Å². The zero-order valence-corrected chi connectivity index (χ0v) is 11.7. The Hall–Kier alpha value is -0.340. The van der Waals surface area contributed by atoms with Gasteiger partial charge in [-0.1, -0.05) is 0 Å². The van der Waals surface area contributed by atoms with E-state index in [1.54, 1.807) is 0 Å². The summed E-state index contributed by atoms with van der Waals surface area (Å²) < 4.78 is 42.3. The van der Waals surface area contributed by atoms with Crippen molar-refractivity contribution in [3.63, 3.8) is 0 Å². The van der Waals surface area contributed by atoms with Crippen LogP contribution in [0.15, 0.2) is 0 Å². The highest BCUT2D eigenvalue weighted by molar-refractivity contribution is 4.70. The fourth-order valence-electron chi connectivity index (χ4n) is 1.41. The molecule has 2 atom stereocenters. The molecule has 1 saturated heterocycles. The van der Waals surface area contributed by atoms with E-state index in [2.05, 4.69) is 4.74 Å². The van der Waals surface area contributed by atoms with Gasteiger partial charge in [0.15, 0.2) is 12.6 Å². The van der Waals surface area contributed by atoms with Gasteiger partial charge in [0.1, 0.15) is 12.2 Å². The Labute approximate surface area is 112 Å². The molecule has 1 heterocycles. The minimum absolute atomic E-state index is 0.0655. The summed E-state index contributed by atoms with van der Waals surface area (Å²) in [7, 11) is 0. The maximum absolute atomic E-state index is 11.6. The van der Waals surface area contributed by atoms with Crippen LogP contribution >= 0.6 is 0 Å². The molecule has 1 rings (SSSR count). The van der Waals surface area contributed by atoms with Crippen molar-refractivity contribution in [3.8, 4) is 0 Å². The lowest BCUT2D eigenvalue weighted by Gasteiger charge is -2.17. The Morgan fingerprint density at radius 1 is 1.32 bits per heavy atom. The normalized spacial score (nSPS) is 22.7. The lowest BCUT2D eigenvalue weighted by molar-refractivity contribution is -0.147. The molecule has 0 aromatic rings. The average molecular weight is 286 g/mol. The Morgan fingerprint density at radius 2 is 1.89 bits per heavy atom. The molecule has 1 aliphatic rings. The number of rotatable bonds is 7. The summed E-state index contributed by atoms with van der Waals surface area (Å²) in [6.07, 6.45) is -0.935. The molecule has 0 aromatic carbocycles. The molecule has 0 aliphatic carbocycles. The number of alkyl halides is 2. The smallest absolute Gasteiger partial charge is 0.188 e. The summed E-state index contributed by atoms with van der Waals surface area (Å²) in [6.45, 7) is 4.82. The third-order valence-corrected chi connectivity index (χ3v) is 2.07. The van der Waals surface area contributed by atoms with Crippen molar-refractivity contribution in [2.45, 2.75) is 38.8 Å². The zero-order chi connectivity index (χ0) is 14.7. The fourth-order valence-corrected chi connectivity index (χ4v) is 1.41. The van der Waals surface area contributed by atoms with Crippen molar-refractivity contribution in [2.24, 2.45) is 0 Å². The second-order valence-electron chi connectivity index (χ2n) is 4.39. The van der Waals surface area contributed by atoms with E-state index in [0.29, 0.717) is 13.2 Å². The van der Waals surface area contributed by atoms with E-state index in [9.17, 15) is 13.9 Å². The molecular weight excluding hydrogens is 262 g/mol. The van der Waals surface area contributed by atoms with Crippen LogP contribution in [0.2, 0.25) is 0 Å². The highest BCUT2D eigenvalue weighted by atomic mass is 19.1. The SMILES string of the molecule is CC1(C)OCC(COCC(O)COCF)O1.CCF. The standard InChI is InChI=1S/C10H19FO5.C2H5F/c1-10(2)15-6-9(16-10)5-13-3-8(12)4-14-7-11;1-2-3/h8-9,12H,3-7H2,1-2H3;2H2,1H3. The Kier molecular flexibility index (Phi) is 10.3. The van der Waals surface area contributed by atoms with Crippen LogP contribution in [0.3, 0.4) is 0 Å². The second-order valence-corrected chi connectivity index (χ2v) is 4.39. The molecule has 7 heteroatoms. The number of hydrogen-bond donors (Lipinski definition) is 1. The maximum Gasteiger partial charge on any atom is 0.188 e. The quantitative estimate of drug-likeness (QED) is 0.767. The molecule has 5 nitrogen and oxygen atoms in total. The highest BCUT2D eigenvalue weighted by Gasteiger charge is 2.32. The van der Waals surface area contributed by atoms with E-state index in [1.807, 2.05) is 13.8 Å². The first-order chi connectivity index (χ1) is 8.95. The fraction of sp³-hybridized carbons (Fsp3) is 1.00. The predicted molar refractivity (Wildman–Crippen MR) is 65.3 cm³/mol. The maximum atomic E-state index is 11.6. The number of aliphatic hydroxyl groups is 1. The van der Waals surface area contributed by atoms with Gasteiger partial charge in [0, 0.05) is 0 Å². The van der Waals surface area contributed by atoms with E-state index in [-0.39, 0.29) is 26.0 Å². The molecule has 1 aliphatic heterocycles. The third-order valence-electron chi connectivity index (χ3n) is 2.07. The van der Waals surface area contributed by atoms with Gasteiger partial charge in [0.2, 0.25) is 0 Å². The van der Waals surface area contributed by atoms with Crippen molar-refractivity contribution < 1.29 is 32.8 Å². The monoisotopic (exact) mass is 286 g/mol. The van der Waals surface area contributed by atoms with Crippen LogP contribution in [0.25, 0.3) is 0 Å². The molecule has 0 spiro atoms. The van der Waals surface area contributed by atoms with Gasteiger partial charge in [-0.3, -0.25) is 4.39 Å². The number of halogens is 2. The largest absolute Gasteiger partial charge is 0.388 e. The van der Waals surface area contributed by atoms with Crippen LogP contribution in [0.1, 0.15) is 20.8 Å². The van der Waals surface area contributed by atoms with E-state index in [1.165, 1.54) is 6.92 Å². The van der Waals surface area contributed by atoms with Crippen LogP contribution < -0.4 is 0 Å². The molecule has 116 valence electrons. The minimum atomic E-state index is -0.898. The van der Waals surface area contributed by atoms with Crippen LogP contribution in [0.4, 0.5) is 8.78 Å². The predicted octanol–water partition coefficient (Wildman–Crippen LogP) is 1.43. The summed E-state index contributed by atoms with van der Waals surface area (Å²) in [5, 5.41) is 9.27. The first-order valence-corrected chi connectivity index (χ1v) is 6.22. The summed E-state index contributed by atoms with van der Waals surface area (Å²) in [5.41, 5.74) is 0. The number of hydrogen-bond acceptors (Lipinski definition) is 5. The van der Waals surface area contributed by atoms with Gasteiger partial charge in [-0.25, -0.2) is 4.39 Å². The van der Waals surface area contributed by atoms with E-state index in [4.69, 9.17) is 14.2 Å². The topological polar surface area (TPSA) is 57.2 Å². The molecule has 2 unspecified atom stereocenters. The molecule has 0 radical (unpaired) electrons. The second kappa shape index (κ2) is 10.4. The summed E-state index contributed by atoms with van der Waals surface area (Å²) >= 11 is 0. The number of ether oxygens (including phenoxy) is 4. The van der Waals surface area contributed by atoms with Gasteiger partial charge in [0.05, 0.1) is 33.1 Å². The van der Waals surface area contributed by atoms with Crippen molar-refractivity contribution in [1.82, 2.24) is 0 Å². The van der Waals surface area contributed by atoms with E-state index in [0.717, 1.165) is 0 Å². The van der Waals surface area contributed by atoms with Gasteiger partial charge in [-0.2, -0.15) is 0 Å². The van der Waals surface area contributed by atoms with E-state index < -0.39 is 18.8 Å². The van der Waals surface area contributed by atoms with Gasteiger partial charge < -0.3 is 24.1 Å². The Morgan fingerprint density at radius 3 is 2.37 bits per heavy atom. The summed E-state index contributed by atoms with van der Waals surface area (Å²) in [6, 6.07) is 0. The average Bonchev–Trinajstić information content (AvgIpc) is 2.67. The van der Waals surface area contributed by atoms with Gasteiger partial charge in [-0.05, 0) is 20.8 Å². The first-order valence-electron chi connectivity index (χ1n) is 6.22. The van der Waals surface area contributed by atoms with Crippen molar-refractivity contribution in [1.29, 1.82) is 0 Å². The van der Waals surface area contributed by atoms with Gasteiger partial charge in [0.25, 0.3) is 0 Å². The van der Waals surface area contributed by atoms with Crippen molar-refractivity contribution in [3.05, 3.63) is 0 Å². The Balaban J connectivity index is 0.000000982. The van der Waals surface area contributed by atoms with Crippen LogP contribution in [-0.4, -0.2) is 63.1 Å². The third kappa shape index (κ3) is 10.1. The van der Waals surface area contributed by atoms with Crippen molar-refractivity contribution >= 4 is 0 Å². The Bertz CT molecular complexity index is 216.